The summed E-state index contributed by atoms with van der Waals surface area (Å²) in [7, 11) is 3.20. The molecule has 40 heavy (non-hydrogen) atoms. The molecular formula is C30H35FN2O7. The first-order valence-electron chi connectivity index (χ1n) is 13.8. The van der Waals surface area contributed by atoms with Gasteiger partial charge < -0.3 is 20.4 Å². The zero-order valence-electron chi connectivity index (χ0n) is 23.3. The summed E-state index contributed by atoms with van der Waals surface area (Å²) in [6.07, 6.45) is 2.10. The number of aliphatic hydroxyl groups is 3. The number of allylic oxidation sites excluding steroid dienone is 1. The van der Waals surface area contributed by atoms with E-state index in [-0.39, 0.29) is 47.4 Å². The highest BCUT2D eigenvalue weighted by molar-refractivity contribution is 6.25. The quantitative estimate of drug-likeness (QED) is 0.414. The van der Waals surface area contributed by atoms with Gasteiger partial charge in [-0.05, 0) is 72.4 Å². The van der Waals surface area contributed by atoms with Gasteiger partial charge in [-0.3, -0.25) is 24.2 Å². The van der Waals surface area contributed by atoms with Gasteiger partial charge >= 0.3 is 0 Å². The molecule has 0 amide bonds. The van der Waals surface area contributed by atoms with E-state index in [0.717, 1.165) is 19.8 Å². The van der Waals surface area contributed by atoms with Crippen molar-refractivity contribution in [3.63, 3.8) is 0 Å². The third kappa shape index (κ3) is 3.33. The first kappa shape index (κ1) is 27.1. The molecule has 0 unspecified atom stereocenters. The van der Waals surface area contributed by atoms with Crippen LogP contribution in [0.1, 0.15) is 67.1 Å². The van der Waals surface area contributed by atoms with Crippen LogP contribution in [0.4, 0.5) is 4.39 Å². The van der Waals surface area contributed by atoms with Gasteiger partial charge in [0.25, 0.3) is 0 Å². The fourth-order valence-corrected chi connectivity index (χ4v) is 7.78. The molecular weight excluding hydrogens is 519 g/mol. The van der Waals surface area contributed by atoms with Crippen LogP contribution in [0.3, 0.4) is 0 Å². The summed E-state index contributed by atoms with van der Waals surface area (Å²) in [5, 5.41) is 45.5. The van der Waals surface area contributed by atoms with Crippen molar-refractivity contribution in [1.29, 1.82) is 0 Å². The Morgan fingerprint density at radius 2 is 1.70 bits per heavy atom. The van der Waals surface area contributed by atoms with E-state index in [1.807, 2.05) is 0 Å². The lowest BCUT2D eigenvalue weighted by atomic mass is 9.58. The molecule has 5 aliphatic rings. The second-order valence-corrected chi connectivity index (χ2v) is 12.9. The van der Waals surface area contributed by atoms with Crippen LogP contribution in [-0.4, -0.2) is 78.9 Å². The van der Waals surface area contributed by atoms with E-state index < -0.39 is 63.7 Å². The third-order valence-corrected chi connectivity index (χ3v) is 10.2. The average molecular weight is 555 g/mol. The number of phenols is 1. The van der Waals surface area contributed by atoms with Gasteiger partial charge in [-0.2, -0.15) is 0 Å². The Balaban J connectivity index is 1.49. The molecule has 0 aromatic heterocycles. The first-order valence-corrected chi connectivity index (χ1v) is 13.8. The maximum Gasteiger partial charge on any atom is 0.209 e. The number of phenolic OH excluding ortho intramolecular Hbond substituents is 1. The SMILES string of the molecule is CC(=O)C1=C(O)[C@@H](N(C)C)[C@@H]2C[C@@H]3Cc4c(F)c5c(c(O)c4C(=O)C3=C(O)[C@]2(O)C1=O)CN(C(C)(C)C1CC1)C5. The molecule has 4 N–H and O–H groups in total. The number of rotatable bonds is 4. The number of fused-ring (bicyclic) bond motifs is 4. The van der Waals surface area contributed by atoms with Crippen molar-refractivity contribution in [2.75, 3.05) is 14.1 Å². The molecule has 1 aromatic rings. The second-order valence-electron chi connectivity index (χ2n) is 12.9. The molecule has 0 spiro atoms. The van der Waals surface area contributed by atoms with Crippen LogP contribution in [0.5, 0.6) is 5.75 Å². The number of halogens is 1. The number of aliphatic hydroxyl groups excluding tert-OH is 2. The van der Waals surface area contributed by atoms with E-state index in [1.165, 1.54) is 4.90 Å². The van der Waals surface area contributed by atoms with E-state index in [1.54, 1.807) is 14.1 Å². The third-order valence-electron chi connectivity index (χ3n) is 10.2. The summed E-state index contributed by atoms with van der Waals surface area (Å²) < 4.78 is 16.2. The zero-order valence-corrected chi connectivity index (χ0v) is 23.3. The van der Waals surface area contributed by atoms with Gasteiger partial charge in [0.1, 0.15) is 28.7 Å². The van der Waals surface area contributed by atoms with Crippen LogP contribution >= 0.6 is 0 Å². The van der Waals surface area contributed by atoms with E-state index >= 15 is 4.39 Å². The molecule has 1 saturated carbocycles. The summed E-state index contributed by atoms with van der Waals surface area (Å²) in [5.41, 5.74) is -3.21. The van der Waals surface area contributed by atoms with E-state index in [4.69, 9.17) is 0 Å². The smallest absolute Gasteiger partial charge is 0.209 e. The standard InChI is InChI=1S/C30H35FN2O7/c1-12(34)19-26(37)23(32(4)5)18-9-13-8-15-21(25(36)20(13)28(39)30(18,40)27(19)38)24(35)17-11-33(10-16(17)22(15)31)29(2,3)14-6-7-14/h13-14,18,23,35,37,39-40H,6-11H2,1-5H3/t13-,18-,23-,30+/m0/s1. The number of nitrogens with zero attached hydrogens (tertiary/aromatic N) is 2. The minimum absolute atomic E-state index is 0.0376. The Kier molecular flexibility index (Phi) is 5.74. The van der Waals surface area contributed by atoms with Crippen molar-refractivity contribution in [2.45, 2.75) is 76.7 Å². The molecule has 1 aliphatic heterocycles. The number of hydrogen-bond acceptors (Lipinski definition) is 9. The zero-order chi connectivity index (χ0) is 29.2. The van der Waals surface area contributed by atoms with Gasteiger partial charge in [0, 0.05) is 46.8 Å². The lowest BCUT2D eigenvalue weighted by Gasteiger charge is -2.50. The number of hydrogen-bond donors (Lipinski definition) is 4. The average Bonchev–Trinajstić information content (AvgIpc) is 3.63. The summed E-state index contributed by atoms with van der Waals surface area (Å²) in [6.45, 7) is 5.87. The molecule has 4 aliphatic carbocycles. The lowest BCUT2D eigenvalue weighted by Crippen LogP contribution is -2.63. The predicted octanol–water partition coefficient (Wildman–Crippen LogP) is 2.87. The van der Waals surface area contributed by atoms with Crippen LogP contribution in [0.25, 0.3) is 0 Å². The van der Waals surface area contributed by atoms with Crippen molar-refractivity contribution in [3.8, 4) is 5.75 Å². The largest absolute Gasteiger partial charge is 0.510 e. The molecule has 9 nitrogen and oxygen atoms in total. The Bertz CT molecular complexity index is 1470. The number of carbonyl (C=O) groups is 3. The van der Waals surface area contributed by atoms with Gasteiger partial charge in [-0.15, -0.1) is 0 Å². The van der Waals surface area contributed by atoms with Crippen LogP contribution in [0.2, 0.25) is 0 Å². The van der Waals surface area contributed by atoms with Crippen molar-refractivity contribution in [1.82, 2.24) is 9.80 Å². The molecule has 6 rings (SSSR count). The number of benzene rings is 1. The Morgan fingerprint density at radius 3 is 2.27 bits per heavy atom. The minimum Gasteiger partial charge on any atom is -0.510 e. The maximum atomic E-state index is 16.2. The van der Waals surface area contributed by atoms with Gasteiger partial charge in [-0.1, -0.05) is 0 Å². The number of aromatic hydroxyl groups is 1. The molecule has 0 bridgehead atoms. The van der Waals surface area contributed by atoms with Gasteiger partial charge in [-0.25, -0.2) is 4.39 Å². The van der Waals surface area contributed by atoms with Crippen LogP contribution in [-0.2, 0) is 29.1 Å². The monoisotopic (exact) mass is 554 g/mol. The number of ketones is 3. The fourth-order valence-electron chi connectivity index (χ4n) is 7.78. The number of carbonyl (C=O) groups excluding carboxylic acids is 3. The molecule has 1 heterocycles. The van der Waals surface area contributed by atoms with Crippen molar-refractivity contribution >= 4 is 17.3 Å². The molecule has 0 saturated heterocycles. The van der Waals surface area contributed by atoms with Gasteiger partial charge in [0.05, 0.1) is 11.6 Å². The summed E-state index contributed by atoms with van der Waals surface area (Å²) in [6, 6.07) is -1.02. The van der Waals surface area contributed by atoms with Crippen LogP contribution in [0.15, 0.2) is 22.7 Å². The summed E-state index contributed by atoms with van der Waals surface area (Å²) in [5.74, 6) is -6.49. The molecule has 214 valence electrons. The number of likely N-dealkylation sites (N-methyl/N-ethyl adjacent to an activating group) is 1. The molecule has 1 fully saturated rings. The fraction of sp³-hybridized carbons (Fsp3) is 0.567. The second kappa shape index (κ2) is 8.47. The van der Waals surface area contributed by atoms with Crippen molar-refractivity contribution in [2.24, 2.45) is 17.8 Å². The Hall–Kier alpha value is -3.08. The van der Waals surface area contributed by atoms with Crippen LogP contribution < -0.4 is 0 Å². The Labute approximate surface area is 231 Å². The highest BCUT2D eigenvalue weighted by Crippen LogP contribution is 2.54. The molecule has 1 aromatic carbocycles. The topological polar surface area (TPSA) is 139 Å². The predicted molar refractivity (Wildman–Crippen MR) is 141 cm³/mol. The Morgan fingerprint density at radius 1 is 1.07 bits per heavy atom. The first-order chi connectivity index (χ1) is 18.6. The highest BCUT2D eigenvalue weighted by atomic mass is 19.1. The highest BCUT2D eigenvalue weighted by Gasteiger charge is 2.63. The van der Waals surface area contributed by atoms with Gasteiger partial charge in [0.15, 0.2) is 17.2 Å². The maximum absolute atomic E-state index is 16.2. The van der Waals surface area contributed by atoms with E-state index in [2.05, 4.69) is 18.7 Å². The normalized spacial score (nSPS) is 30.4. The van der Waals surface area contributed by atoms with Crippen molar-refractivity contribution < 1.29 is 39.2 Å². The van der Waals surface area contributed by atoms with Gasteiger partial charge in [0.2, 0.25) is 5.78 Å². The summed E-state index contributed by atoms with van der Waals surface area (Å²) >= 11 is 0. The lowest BCUT2D eigenvalue weighted by molar-refractivity contribution is -0.148. The minimum atomic E-state index is -2.64. The van der Waals surface area contributed by atoms with Crippen LogP contribution in [0, 0.1) is 23.6 Å². The van der Waals surface area contributed by atoms with Crippen molar-refractivity contribution in [3.05, 3.63) is 50.7 Å². The molecule has 0 radical (unpaired) electrons. The summed E-state index contributed by atoms with van der Waals surface area (Å²) in [4.78, 5) is 43.4. The number of Topliss-reactive ketones (excluding diaryl/α,β-unsaturated/α-hetero) is 3. The van der Waals surface area contributed by atoms with E-state index in [9.17, 15) is 34.8 Å². The molecule has 4 atom stereocenters. The van der Waals surface area contributed by atoms with E-state index in [0.29, 0.717) is 23.6 Å². The molecule has 10 heteroatoms.